The lowest BCUT2D eigenvalue weighted by Crippen LogP contribution is -2.48. The zero-order valence-corrected chi connectivity index (χ0v) is 15.4. The smallest absolute Gasteiger partial charge is 0.239 e. The molecule has 1 saturated carbocycles. The van der Waals surface area contributed by atoms with Crippen LogP contribution in [-0.4, -0.2) is 17.9 Å². The van der Waals surface area contributed by atoms with Crippen LogP contribution in [0.4, 0.5) is 5.69 Å². The van der Waals surface area contributed by atoms with E-state index >= 15 is 0 Å². The van der Waals surface area contributed by atoms with Gasteiger partial charge in [-0.15, -0.1) is 0 Å². The van der Waals surface area contributed by atoms with Crippen molar-refractivity contribution in [2.45, 2.75) is 72.3 Å². The molecular weight excluding hydrogens is 300 g/mol. The van der Waals surface area contributed by atoms with E-state index < -0.39 is 5.41 Å². The van der Waals surface area contributed by atoms with Crippen LogP contribution in [0, 0.1) is 19.3 Å². The second-order valence-corrected chi connectivity index (χ2v) is 7.51. The zero-order valence-electron chi connectivity index (χ0n) is 15.4. The minimum absolute atomic E-state index is 0.182. The Morgan fingerprint density at radius 2 is 1.50 bits per heavy atom. The molecule has 132 valence electrons. The summed E-state index contributed by atoms with van der Waals surface area (Å²) < 4.78 is 0. The van der Waals surface area contributed by atoms with Gasteiger partial charge in [-0.1, -0.05) is 43.9 Å². The lowest BCUT2D eigenvalue weighted by atomic mass is 9.89. The van der Waals surface area contributed by atoms with Crippen molar-refractivity contribution in [3.05, 3.63) is 29.3 Å². The van der Waals surface area contributed by atoms with Crippen molar-refractivity contribution < 1.29 is 9.59 Å². The summed E-state index contributed by atoms with van der Waals surface area (Å²) >= 11 is 0. The maximum Gasteiger partial charge on any atom is 0.239 e. The first-order valence-corrected chi connectivity index (χ1v) is 9.01. The van der Waals surface area contributed by atoms with Crippen molar-refractivity contribution in [3.8, 4) is 0 Å². The third kappa shape index (κ3) is 4.37. The van der Waals surface area contributed by atoms with E-state index in [1.807, 2.05) is 32.0 Å². The molecule has 0 bridgehead atoms. The Labute approximate surface area is 145 Å². The van der Waals surface area contributed by atoms with Crippen LogP contribution in [0.5, 0.6) is 0 Å². The van der Waals surface area contributed by atoms with Gasteiger partial charge in [0.15, 0.2) is 0 Å². The molecule has 0 saturated heterocycles. The lowest BCUT2D eigenvalue weighted by molar-refractivity contribution is -0.138. The standard InChI is InChI=1S/C20H30N2O2/c1-14-10-9-11-15(2)17(14)22-19(24)20(3,4)18(23)21-16-12-7-5-6-8-13-16/h9-11,16H,5-8,12-13H2,1-4H3,(H,21,23)(H,22,24). The third-order valence-corrected chi connectivity index (χ3v) is 5.05. The molecular formula is C20H30N2O2. The molecule has 1 aromatic rings. The predicted molar refractivity (Wildman–Crippen MR) is 98.0 cm³/mol. The topological polar surface area (TPSA) is 58.2 Å². The third-order valence-electron chi connectivity index (χ3n) is 5.05. The van der Waals surface area contributed by atoms with Crippen LogP contribution in [-0.2, 0) is 9.59 Å². The minimum atomic E-state index is -1.10. The van der Waals surface area contributed by atoms with Crippen LogP contribution in [0.25, 0.3) is 0 Å². The predicted octanol–water partition coefficient (Wildman–Crippen LogP) is 4.11. The number of hydrogen-bond donors (Lipinski definition) is 2. The zero-order chi connectivity index (χ0) is 17.7. The molecule has 1 aromatic carbocycles. The molecule has 4 nitrogen and oxygen atoms in total. The van der Waals surface area contributed by atoms with E-state index in [9.17, 15) is 9.59 Å². The van der Waals surface area contributed by atoms with Gasteiger partial charge in [-0.2, -0.15) is 0 Å². The maximum atomic E-state index is 12.7. The number of nitrogens with one attached hydrogen (secondary N) is 2. The molecule has 0 unspecified atom stereocenters. The largest absolute Gasteiger partial charge is 0.352 e. The normalized spacial score (nSPS) is 16.3. The van der Waals surface area contributed by atoms with Gasteiger partial charge in [-0.3, -0.25) is 9.59 Å². The van der Waals surface area contributed by atoms with Gasteiger partial charge in [0.2, 0.25) is 11.8 Å². The molecule has 1 aliphatic rings. The molecule has 1 fully saturated rings. The van der Waals surface area contributed by atoms with E-state index in [4.69, 9.17) is 0 Å². The molecule has 0 aromatic heterocycles. The Bertz CT molecular complexity index is 579. The van der Waals surface area contributed by atoms with Crippen LogP contribution >= 0.6 is 0 Å². The van der Waals surface area contributed by atoms with Gasteiger partial charge in [0.25, 0.3) is 0 Å². The molecule has 0 aliphatic heterocycles. The molecule has 0 radical (unpaired) electrons. The monoisotopic (exact) mass is 330 g/mol. The van der Waals surface area contributed by atoms with E-state index in [0.717, 1.165) is 42.5 Å². The summed E-state index contributed by atoms with van der Waals surface area (Å²) in [5.74, 6) is -0.441. The van der Waals surface area contributed by atoms with Gasteiger partial charge in [-0.05, 0) is 51.7 Å². The van der Waals surface area contributed by atoms with Gasteiger partial charge < -0.3 is 10.6 Å². The summed E-state index contributed by atoms with van der Waals surface area (Å²) in [6.07, 6.45) is 6.81. The average Bonchev–Trinajstić information content (AvgIpc) is 2.79. The van der Waals surface area contributed by atoms with Crippen molar-refractivity contribution in [1.29, 1.82) is 0 Å². The Kier molecular flexibility index (Phi) is 6.03. The number of rotatable bonds is 4. The van der Waals surface area contributed by atoms with Crippen molar-refractivity contribution in [2.75, 3.05) is 5.32 Å². The second kappa shape index (κ2) is 7.82. The molecule has 0 heterocycles. The van der Waals surface area contributed by atoms with E-state index in [2.05, 4.69) is 10.6 Å². The van der Waals surface area contributed by atoms with Crippen LogP contribution in [0.15, 0.2) is 18.2 Å². The van der Waals surface area contributed by atoms with Crippen molar-refractivity contribution in [2.24, 2.45) is 5.41 Å². The summed E-state index contributed by atoms with van der Waals surface area (Å²) in [6.45, 7) is 7.31. The highest BCUT2D eigenvalue weighted by Crippen LogP contribution is 2.25. The van der Waals surface area contributed by atoms with Gasteiger partial charge in [-0.25, -0.2) is 0 Å². The van der Waals surface area contributed by atoms with Crippen molar-refractivity contribution in [1.82, 2.24) is 5.32 Å². The molecule has 4 heteroatoms. The van der Waals surface area contributed by atoms with E-state index in [-0.39, 0.29) is 17.9 Å². The van der Waals surface area contributed by atoms with Gasteiger partial charge >= 0.3 is 0 Å². The van der Waals surface area contributed by atoms with Gasteiger partial charge in [0, 0.05) is 11.7 Å². The number of anilines is 1. The molecule has 2 amide bonds. The lowest BCUT2D eigenvalue weighted by Gasteiger charge is -2.27. The number of benzene rings is 1. The van der Waals surface area contributed by atoms with Gasteiger partial charge in [0.1, 0.15) is 5.41 Å². The number of aryl methyl sites for hydroxylation is 2. The first kappa shape index (κ1) is 18.5. The van der Waals surface area contributed by atoms with E-state index in [0.29, 0.717) is 0 Å². The van der Waals surface area contributed by atoms with Crippen LogP contribution < -0.4 is 10.6 Å². The fourth-order valence-electron chi connectivity index (χ4n) is 3.17. The molecule has 2 N–H and O–H groups in total. The van der Waals surface area contributed by atoms with Crippen LogP contribution in [0.1, 0.15) is 63.5 Å². The Hall–Kier alpha value is -1.84. The Morgan fingerprint density at radius 1 is 0.958 bits per heavy atom. The highest BCUT2D eigenvalue weighted by Gasteiger charge is 2.37. The quantitative estimate of drug-likeness (QED) is 0.645. The van der Waals surface area contributed by atoms with Crippen molar-refractivity contribution >= 4 is 17.5 Å². The number of carbonyl (C=O) groups excluding carboxylic acids is 2. The first-order chi connectivity index (χ1) is 11.3. The average molecular weight is 330 g/mol. The number of para-hydroxylation sites is 1. The fourth-order valence-corrected chi connectivity index (χ4v) is 3.17. The Morgan fingerprint density at radius 3 is 2.04 bits per heavy atom. The SMILES string of the molecule is Cc1cccc(C)c1NC(=O)C(C)(C)C(=O)NC1CCCCCC1. The molecule has 2 rings (SSSR count). The van der Waals surface area contributed by atoms with Crippen molar-refractivity contribution in [3.63, 3.8) is 0 Å². The van der Waals surface area contributed by atoms with E-state index in [1.165, 1.54) is 12.8 Å². The summed E-state index contributed by atoms with van der Waals surface area (Å²) in [6, 6.07) is 6.08. The summed E-state index contributed by atoms with van der Waals surface area (Å²) in [5.41, 5.74) is 1.71. The van der Waals surface area contributed by atoms with Crippen LogP contribution in [0.2, 0.25) is 0 Å². The maximum absolute atomic E-state index is 12.7. The first-order valence-electron chi connectivity index (χ1n) is 9.01. The number of amides is 2. The second-order valence-electron chi connectivity index (χ2n) is 7.51. The van der Waals surface area contributed by atoms with Crippen LogP contribution in [0.3, 0.4) is 0 Å². The fraction of sp³-hybridized carbons (Fsp3) is 0.600. The van der Waals surface area contributed by atoms with Gasteiger partial charge in [0.05, 0.1) is 0 Å². The number of hydrogen-bond acceptors (Lipinski definition) is 2. The summed E-state index contributed by atoms with van der Waals surface area (Å²) in [7, 11) is 0. The highest BCUT2D eigenvalue weighted by atomic mass is 16.2. The summed E-state index contributed by atoms with van der Waals surface area (Å²) in [4.78, 5) is 25.4. The molecule has 1 aliphatic carbocycles. The Balaban J connectivity index is 2.04. The van der Waals surface area contributed by atoms with E-state index in [1.54, 1.807) is 13.8 Å². The molecule has 24 heavy (non-hydrogen) atoms. The molecule has 0 spiro atoms. The number of carbonyl (C=O) groups is 2. The highest BCUT2D eigenvalue weighted by molar-refractivity contribution is 6.10. The minimum Gasteiger partial charge on any atom is -0.352 e. The molecule has 0 atom stereocenters. The summed E-state index contributed by atoms with van der Waals surface area (Å²) in [5, 5.41) is 6.04.